The molecule has 0 bridgehead atoms. The molecule has 0 unspecified atom stereocenters. The monoisotopic (exact) mass is 371 g/mol. The van der Waals surface area contributed by atoms with E-state index in [0.29, 0.717) is 17.2 Å². The predicted molar refractivity (Wildman–Crippen MR) is 101 cm³/mol. The summed E-state index contributed by atoms with van der Waals surface area (Å²) in [7, 11) is -3.73. The van der Waals surface area contributed by atoms with E-state index >= 15 is 0 Å². The van der Waals surface area contributed by atoms with Crippen LogP contribution in [0.5, 0.6) is 0 Å². The van der Waals surface area contributed by atoms with Gasteiger partial charge in [0.2, 0.25) is 0 Å². The van der Waals surface area contributed by atoms with E-state index < -0.39 is 10.0 Å². The fourth-order valence-electron chi connectivity index (χ4n) is 3.72. The van der Waals surface area contributed by atoms with E-state index in [9.17, 15) is 13.2 Å². The van der Waals surface area contributed by atoms with E-state index in [1.54, 1.807) is 36.4 Å². The number of carbonyl (C=O) groups excluding carboxylic acids is 1. The van der Waals surface area contributed by atoms with Gasteiger partial charge in [-0.25, -0.2) is 8.42 Å². The molecule has 1 saturated heterocycles. The molecule has 2 aromatic rings. The first-order valence-electron chi connectivity index (χ1n) is 8.69. The van der Waals surface area contributed by atoms with E-state index in [1.807, 2.05) is 6.07 Å². The first-order valence-corrected chi connectivity index (χ1v) is 10.2. The van der Waals surface area contributed by atoms with Gasteiger partial charge in [-0.05, 0) is 61.7 Å². The average Bonchev–Trinajstić information content (AvgIpc) is 3.10. The summed E-state index contributed by atoms with van der Waals surface area (Å²) in [5.41, 5.74) is 2.83. The first kappa shape index (κ1) is 17.1. The molecular weight excluding hydrogens is 350 g/mol. The Morgan fingerprint density at radius 3 is 2.85 bits per heavy atom. The summed E-state index contributed by atoms with van der Waals surface area (Å²) in [5, 5.41) is 6.86. The van der Waals surface area contributed by atoms with Crippen LogP contribution in [-0.4, -0.2) is 27.3 Å². The highest BCUT2D eigenvalue weighted by Crippen LogP contribution is 2.39. The lowest BCUT2D eigenvalue weighted by molar-refractivity contribution is 0.101. The minimum Gasteiger partial charge on any atom is -0.384 e. The van der Waals surface area contributed by atoms with Gasteiger partial charge >= 0.3 is 0 Å². The Bertz CT molecular complexity index is 972. The zero-order valence-electron chi connectivity index (χ0n) is 14.5. The van der Waals surface area contributed by atoms with Crippen molar-refractivity contribution in [3.05, 3.63) is 53.6 Å². The summed E-state index contributed by atoms with van der Waals surface area (Å²) >= 11 is 0. The number of anilines is 2. The Balaban J connectivity index is 1.65. The van der Waals surface area contributed by atoms with Crippen LogP contribution in [0.4, 0.5) is 11.4 Å². The van der Waals surface area contributed by atoms with Crippen LogP contribution in [-0.2, 0) is 10.0 Å². The zero-order chi connectivity index (χ0) is 18.3. The standard InChI is InChI=1S/C19H21N3O3S/c1-12(23)13-3-2-4-15(9-13)22-26(24,25)16-5-6-18-17(10-16)19-14(11-21-18)7-8-20-19/h2-6,9-10,14,19-22H,7-8,11H2,1H3/t14-,19-/m0/s1. The van der Waals surface area contributed by atoms with Crippen molar-refractivity contribution in [1.29, 1.82) is 0 Å². The van der Waals surface area contributed by atoms with Crippen LogP contribution in [0, 0.1) is 5.92 Å². The lowest BCUT2D eigenvalue weighted by Crippen LogP contribution is -2.29. The van der Waals surface area contributed by atoms with Crippen LogP contribution < -0.4 is 15.4 Å². The smallest absolute Gasteiger partial charge is 0.261 e. The molecule has 136 valence electrons. The molecule has 4 rings (SSSR count). The van der Waals surface area contributed by atoms with Crippen molar-refractivity contribution >= 4 is 27.2 Å². The van der Waals surface area contributed by atoms with Crippen molar-refractivity contribution in [2.45, 2.75) is 24.3 Å². The number of rotatable bonds is 4. The molecule has 26 heavy (non-hydrogen) atoms. The Kier molecular flexibility index (Phi) is 4.20. The van der Waals surface area contributed by atoms with Gasteiger partial charge in [0.25, 0.3) is 10.0 Å². The summed E-state index contributed by atoms with van der Waals surface area (Å²) in [4.78, 5) is 11.7. The molecular formula is C19H21N3O3S. The lowest BCUT2D eigenvalue weighted by Gasteiger charge is -2.29. The van der Waals surface area contributed by atoms with Crippen LogP contribution in [0.3, 0.4) is 0 Å². The normalized spacial score (nSPS) is 21.4. The first-order chi connectivity index (χ1) is 12.4. The third kappa shape index (κ3) is 3.08. The third-order valence-corrected chi connectivity index (χ3v) is 6.47. The number of hydrogen-bond acceptors (Lipinski definition) is 5. The van der Waals surface area contributed by atoms with Crippen LogP contribution >= 0.6 is 0 Å². The number of carbonyl (C=O) groups is 1. The molecule has 0 radical (unpaired) electrons. The van der Waals surface area contributed by atoms with E-state index in [1.165, 1.54) is 6.92 Å². The van der Waals surface area contributed by atoms with Crippen LogP contribution in [0.2, 0.25) is 0 Å². The highest BCUT2D eigenvalue weighted by atomic mass is 32.2. The van der Waals surface area contributed by atoms with Gasteiger partial charge in [-0.15, -0.1) is 0 Å². The van der Waals surface area contributed by atoms with E-state index in [2.05, 4.69) is 15.4 Å². The molecule has 0 aromatic heterocycles. The van der Waals surface area contributed by atoms with Crippen molar-refractivity contribution in [3.63, 3.8) is 0 Å². The topological polar surface area (TPSA) is 87.3 Å². The van der Waals surface area contributed by atoms with Gasteiger partial charge in [0.15, 0.2) is 5.78 Å². The Labute approximate surface area is 153 Å². The largest absolute Gasteiger partial charge is 0.384 e. The molecule has 7 heteroatoms. The van der Waals surface area contributed by atoms with Crippen molar-refractivity contribution in [3.8, 4) is 0 Å². The summed E-state index contributed by atoms with van der Waals surface area (Å²) in [5.74, 6) is 0.380. The molecule has 6 nitrogen and oxygen atoms in total. The fourth-order valence-corrected chi connectivity index (χ4v) is 4.81. The number of nitrogens with one attached hydrogen (secondary N) is 3. The van der Waals surface area contributed by atoms with Crippen LogP contribution in [0.25, 0.3) is 0 Å². The van der Waals surface area contributed by atoms with Crippen LogP contribution in [0.15, 0.2) is 47.4 Å². The van der Waals surface area contributed by atoms with Crippen molar-refractivity contribution in [2.75, 3.05) is 23.1 Å². The summed E-state index contributed by atoms with van der Waals surface area (Å²) in [6.45, 7) is 3.31. The number of Topliss-reactive ketones (excluding diaryl/α,β-unsaturated/α-hetero) is 1. The minimum atomic E-state index is -3.73. The van der Waals surface area contributed by atoms with Crippen LogP contribution in [0.1, 0.15) is 35.3 Å². The summed E-state index contributed by atoms with van der Waals surface area (Å²) in [6, 6.07) is 11.9. The molecule has 0 saturated carbocycles. The second kappa shape index (κ2) is 6.41. The van der Waals surface area contributed by atoms with E-state index in [4.69, 9.17) is 0 Å². The van der Waals surface area contributed by atoms with Gasteiger partial charge in [-0.2, -0.15) is 0 Å². The summed E-state index contributed by atoms with van der Waals surface area (Å²) in [6.07, 6.45) is 1.09. The third-order valence-electron chi connectivity index (χ3n) is 5.10. The summed E-state index contributed by atoms with van der Waals surface area (Å²) < 4.78 is 28.2. The maximum Gasteiger partial charge on any atom is 0.261 e. The van der Waals surface area contributed by atoms with Gasteiger partial charge < -0.3 is 10.6 Å². The second-order valence-electron chi connectivity index (χ2n) is 6.85. The Hall–Kier alpha value is -2.38. The second-order valence-corrected chi connectivity index (χ2v) is 8.54. The zero-order valence-corrected chi connectivity index (χ0v) is 15.3. The van der Waals surface area contributed by atoms with E-state index in [0.717, 1.165) is 30.8 Å². The minimum absolute atomic E-state index is 0.107. The maximum absolute atomic E-state index is 12.8. The molecule has 2 atom stereocenters. The van der Waals surface area contributed by atoms with Gasteiger partial charge in [0.1, 0.15) is 0 Å². The number of hydrogen-bond donors (Lipinski definition) is 3. The maximum atomic E-state index is 12.8. The molecule has 0 amide bonds. The number of benzene rings is 2. The van der Waals surface area contributed by atoms with Crippen molar-refractivity contribution in [2.24, 2.45) is 5.92 Å². The van der Waals surface area contributed by atoms with E-state index in [-0.39, 0.29) is 16.7 Å². The predicted octanol–water partition coefficient (Wildman–Crippen LogP) is 2.77. The molecule has 2 heterocycles. The molecule has 0 spiro atoms. The molecule has 0 aliphatic carbocycles. The van der Waals surface area contributed by atoms with Gasteiger partial charge in [0, 0.05) is 29.5 Å². The Morgan fingerprint density at radius 1 is 1.19 bits per heavy atom. The number of ketones is 1. The van der Waals surface area contributed by atoms with Gasteiger partial charge in [-0.1, -0.05) is 12.1 Å². The SMILES string of the molecule is CC(=O)c1cccc(NS(=O)(=O)c2ccc3c(c2)[C@H]2NCC[C@H]2CN3)c1. The highest BCUT2D eigenvalue weighted by molar-refractivity contribution is 7.92. The average molecular weight is 371 g/mol. The molecule has 2 aromatic carbocycles. The van der Waals surface area contributed by atoms with Crippen molar-refractivity contribution in [1.82, 2.24) is 5.32 Å². The van der Waals surface area contributed by atoms with Gasteiger partial charge in [-0.3, -0.25) is 9.52 Å². The number of fused-ring (bicyclic) bond motifs is 3. The van der Waals surface area contributed by atoms with Crippen molar-refractivity contribution < 1.29 is 13.2 Å². The van der Waals surface area contributed by atoms with Gasteiger partial charge in [0.05, 0.1) is 4.90 Å². The number of sulfonamides is 1. The quantitative estimate of drug-likeness (QED) is 0.720. The molecule has 2 aliphatic heterocycles. The fraction of sp³-hybridized carbons (Fsp3) is 0.316. The molecule has 3 N–H and O–H groups in total. The lowest BCUT2D eigenvalue weighted by atomic mass is 9.89. The molecule has 1 fully saturated rings. The molecule has 2 aliphatic rings. The highest BCUT2D eigenvalue weighted by Gasteiger charge is 2.34. The Morgan fingerprint density at radius 2 is 2.04 bits per heavy atom.